The molecule has 1 heterocycles. The number of carbonyl (C=O) groups excluding carboxylic acids is 1. The highest BCUT2D eigenvalue weighted by atomic mass is 32.1. The minimum Gasteiger partial charge on any atom is -0.501 e. The van der Waals surface area contributed by atoms with Crippen molar-refractivity contribution in [3.05, 3.63) is 34.2 Å². The number of allylic oxidation sites excluding steroid dienone is 2. The molecule has 0 fully saturated rings. The topological polar surface area (TPSA) is 26.3 Å². The summed E-state index contributed by atoms with van der Waals surface area (Å²) in [6.45, 7) is 0. The summed E-state index contributed by atoms with van der Waals surface area (Å²) in [5.74, 6) is -3.04. The smallest absolute Gasteiger partial charge is 0.501 e. The van der Waals surface area contributed by atoms with Crippen LogP contribution in [0.15, 0.2) is 29.3 Å². The Labute approximate surface area is 96.9 Å². The summed E-state index contributed by atoms with van der Waals surface area (Å²) in [4.78, 5) is 11.3. The standard InChI is InChI=1S/C8H4BF5O2S/c10-8(11,12)7(16-9(13)14)4-5(15)6-2-1-3-17-6/h1-4H/b7-4+. The summed E-state index contributed by atoms with van der Waals surface area (Å²) < 4.78 is 63.4. The van der Waals surface area contributed by atoms with Crippen molar-refractivity contribution in [3.63, 3.8) is 0 Å². The highest BCUT2D eigenvalue weighted by Crippen LogP contribution is 2.28. The Morgan fingerprint density at radius 2 is 2.06 bits per heavy atom. The van der Waals surface area contributed by atoms with E-state index >= 15 is 0 Å². The molecule has 0 aliphatic rings. The van der Waals surface area contributed by atoms with E-state index in [2.05, 4.69) is 4.65 Å². The van der Waals surface area contributed by atoms with Crippen molar-refractivity contribution in [2.24, 2.45) is 0 Å². The Balaban J connectivity index is 2.94. The molecule has 17 heavy (non-hydrogen) atoms. The molecule has 0 radical (unpaired) electrons. The molecule has 0 bridgehead atoms. The van der Waals surface area contributed by atoms with E-state index in [1.54, 1.807) is 0 Å². The third-order valence-electron chi connectivity index (χ3n) is 1.52. The van der Waals surface area contributed by atoms with Crippen molar-refractivity contribution >= 4 is 24.6 Å². The number of halogens is 5. The number of rotatable bonds is 4. The summed E-state index contributed by atoms with van der Waals surface area (Å²) >= 11 is 0.898. The molecule has 0 amide bonds. The van der Waals surface area contributed by atoms with Gasteiger partial charge in [-0.15, -0.1) is 11.3 Å². The molecule has 0 aliphatic carbocycles. The molecule has 0 N–H and O–H groups in total. The van der Waals surface area contributed by atoms with Crippen LogP contribution in [0.5, 0.6) is 0 Å². The van der Waals surface area contributed by atoms with E-state index in [0.717, 1.165) is 11.3 Å². The minimum atomic E-state index is -5.14. The number of hydrogen-bond acceptors (Lipinski definition) is 3. The maximum Gasteiger partial charge on any atom is 0.796 e. The molecule has 0 saturated carbocycles. The number of hydrogen-bond donors (Lipinski definition) is 0. The van der Waals surface area contributed by atoms with Gasteiger partial charge in [-0.1, -0.05) is 6.07 Å². The van der Waals surface area contributed by atoms with Gasteiger partial charge in [-0.3, -0.25) is 4.79 Å². The molecule has 92 valence electrons. The van der Waals surface area contributed by atoms with Gasteiger partial charge in [0, 0.05) is 6.08 Å². The number of alkyl halides is 3. The second-order valence-electron chi connectivity index (χ2n) is 2.73. The average Bonchev–Trinajstić information content (AvgIpc) is 2.66. The lowest BCUT2D eigenvalue weighted by atomic mass is 10.2. The fourth-order valence-corrected chi connectivity index (χ4v) is 1.52. The van der Waals surface area contributed by atoms with Gasteiger partial charge in [-0.25, -0.2) is 8.63 Å². The van der Waals surface area contributed by atoms with Gasteiger partial charge < -0.3 is 4.65 Å². The Morgan fingerprint density at radius 3 is 2.47 bits per heavy atom. The second-order valence-corrected chi connectivity index (χ2v) is 3.67. The van der Waals surface area contributed by atoms with E-state index in [0.29, 0.717) is 0 Å². The normalized spacial score (nSPS) is 12.4. The quantitative estimate of drug-likeness (QED) is 0.276. The van der Waals surface area contributed by atoms with E-state index in [1.165, 1.54) is 17.5 Å². The van der Waals surface area contributed by atoms with E-state index in [9.17, 15) is 26.6 Å². The number of thiophene rings is 1. The maximum absolute atomic E-state index is 12.2. The lowest BCUT2D eigenvalue weighted by molar-refractivity contribution is -0.119. The van der Waals surface area contributed by atoms with E-state index < -0.39 is 25.2 Å². The van der Waals surface area contributed by atoms with Gasteiger partial charge in [0.15, 0.2) is 11.5 Å². The lowest BCUT2D eigenvalue weighted by Crippen LogP contribution is -2.20. The molecule has 1 aromatic rings. The van der Waals surface area contributed by atoms with Crippen molar-refractivity contribution < 1.29 is 31.3 Å². The van der Waals surface area contributed by atoms with Crippen LogP contribution >= 0.6 is 11.3 Å². The zero-order valence-corrected chi connectivity index (χ0v) is 8.82. The Morgan fingerprint density at radius 1 is 1.41 bits per heavy atom. The third-order valence-corrected chi connectivity index (χ3v) is 2.41. The summed E-state index contributed by atoms with van der Waals surface area (Å²) in [6, 6.07) is 2.73. The van der Waals surface area contributed by atoms with Gasteiger partial charge >= 0.3 is 13.6 Å². The van der Waals surface area contributed by atoms with Gasteiger partial charge in [0.05, 0.1) is 4.88 Å². The fourth-order valence-electron chi connectivity index (χ4n) is 0.888. The number of ketones is 1. The van der Waals surface area contributed by atoms with Crippen LogP contribution in [-0.4, -0.2) is 19.4 Å². The summed E-state index contributed by atoms with van der Waals surface area (Å²) in [5, 5.41) is 1.47. The summed E-state index contributed by atoms with van der Waals surface area (Å²) in [5.41, 5.74) is 0. The molecule has 0 spiro atoms. The van der Waals surface area contributed by atoms with Gasteiger partial charge in [0.25, 0.3) is 0 Å². The molecule has 1 rings (SSSR count). The molecule has 0 atom stereocenters. The van der Waals surface area contributed by atoms with E-state index in [-0.39, 0.29) is 11.0 Å². The Bertz CT molecular complexity index is 412. The SMILES string of the molecule is O=C(/C=C(/OB(F)F)C(F)(F)F)c1cccs1. The lowest BCUT2D eigenvalue weighted by Gasteiger charge is -2.11. The van der Waals surface area contributed by atoms with Gasteiger partial charge in [-0.05, 0) is 11.4 Å². The number of carbonyl (C=O) groups is 1. The summed E-state index contributed by atoms with van der Waals surface area (Å²) in [6.07, 6.45) is -5.12. The van der Waals surface area contributed by atoms with Crippen molar-refractivity contribution in [2.75, 3.05) is 0 Å². The average molecular weight is 270 g/mol. The summed E-state index contributed by atoms with van der Waals surface area (Å²) in [7, 11) is -3.64. The van der Waals surface area contributed by atoms with Gasteiger partial charge in [0.2, 0.25) is 0 Å². The minimum absolute atomic E-state index is 0.00427. The molecule has 2 nitrogen and oxygen atoms in total. The van der Waals surface area contributed by atoms with Gasteiger partial charge in [-0.2, -0.15) is 13.2 Å². The van der Waals surface area contributed by atoms with Crippen LogP contribution in [0.25, 0.3) is 0 Å². The maximum atomic E-state index is 12.2. The Hall–Kier alpha value is -1.38. The molecule has 0 unspecified atom stereocenters. The van der Waals surface area contributed by atoms with Crippen LogP contribution < -0.4 is 0 Å². The van der Waals surface area contributed by atoms with Crippen LogP contribution in [0.1, 0.15) is 9.67 Å². The predicted molar refractivity (Wildman–Crippen MR) is 51.8 cm³/mol. The third kappa shape index (κ3) is 4.18. The van der Waals surface area contributed by atoms with Crippen LogP contribution in [0.4, 0.5) is 21.8 Å². The molecule has 9 heteroatoms. The first-order valence-electron chi connectivity index (χ1n) is 4.12. The first-order valence-corrected chi connectivity index (χ1v) is 5.00. The predicted octanol–water partition coefficient (Wildman–Crippen LogP) is 3.32. The van der Waals surface area contributed by atoms with Crippen LogP contribution in [0.2, 0.25) is 0 Å². The second kappa shape index (κ2) is 5.30. The zero-order chi connectivity index (χ0) is 13.1. The largest absolute Gasteiger partial charge is 0.796 e. The van der Waals surface area contributed by atoms with Gasteiger partial charge in [0.1, 0.15) is 0 Å². The monoisotopic (exact) mass is 270 g/mol. The van der Waals surface area contributed by atoms with Crippen molar-refractivity contribution in [3.8, 4) is 0 Å². The first kappa shape index (κ1) is 13.7. The van der Waals surface area contributed by atoms with Crippen molar-refractivity contribution in [2.45, 2.75) is 6.18 Å². The van der Waals surface area contributed by atoms with E-state index in [1.807, 2.05) is 0 Å². The molecule has 1 aromatic heterocycles. The highest BCUT2D eigenvalue weighted by molar-refractivity contribution is 7.12. The van der Waals surface area contributed by atoms with Crippen molar-refractivity contribution in [1.29, 1.82) is 0 Å². The molecule has 0 saturated heterocycles. The molecule has 0 aliphatic heterocycles. The molecular formula is C8H4BF5O2S. The van der Waals surface area contributed by atoms with Crippen LogP contribution in [0.3, 0.4) is 0 Å². The Kier molecular flexibility index (Phi) is 4.27. The molecular weight excluding hydrogens is 266 g/mol. The molecule has 0 aromatic carbocycles. The fraction of sp³-hybridized carbons (Fsp3) is 0.125. The zero-order valence-electron chi connectivity index (χ0n) is 8.00. The highest BCUT2D eigenvalue weighted by Gasteiger charge is 2.40. The first-order chi connectivity index (χ1) is 7.80. The van der Waals surface area contributed by atoms with E-state index in [4.69, 9.17) is 0 Å². The van der Waals surface area contributed by atoms with Crippen molar-refractivity contribution in [1.82, 2.24) is 0 Å². The van der Waals surface area contributed by atoms with Crippen LogP contribution in [0, 0.1) is 0 Å². The van der Waals surface area contributed by atoms with Crippen LogP contribution in [-0.2, 0) is 4.65 Å².